The van der Waals surface area contributed by atoms with Crippen LogP contribution in [-0.4, -0.2) is 36.3 Å². The Labute approximate surface area is 147 Å². The van der Waals surface area contributed by atoms with Crippen LogP contribution >= 0.6 is 0 Å². The maximum atomic E-state index is 10.3. The van der Waals surface area contributed by atoms with E-state index in [1.54, 1.807) is 6.07 Å². The fraction of sp³-hybridized carbons (Fsp3) is 0.238. The number of phenols is 1. The summed E-state index contributed by atoms with van der Waals surface area (Å²) in [6, 6.07) is 19.6. The van der Waals surface area contributed by atoms with Crippen molar-refractivity contribution in [2.45, 2.75) is 12.6 Å². The highest BCUT2D eigenvalue weighted by Gasteiger charge is 2.22. The van der Waals surface area contributed by atoms with Gasteiger partial charge in [0.1, 0.15) is 18.5 Å². The van der Waals surface area contributed by atoms with E-state index in [1.807, 2.05) is 49.5 Å². The highest BCUT2D eigenvalue weighted by Crippen LogP contribution is 2.32. The van der Waals surface area contributed by atoms with Gasteiger partial charge in [-0.05, 0) is 36.0 Å². The number of nitrogens with zero attached hydrogens (tertiary/aromatic N) is 1. The lowest BCUT2D eigenvalue weighted by atomic mass is 10.0. The molecule has 3 aromatic rings. The molecule has 0 saturated heterocycles. The Hall–Kier alpha value is -2.72. The van der Waals surface area contributed by atoms with Gasteiger partial charge in [0.25, 0.3) is 0 Å². The van der Waals surface area contributed by atoms with E-state index in [0.29, 0.717) is 18.9 Å². The molecule has 4 rings (SSSR count). The fourth-order valence-electron chi connectivity index (χ4n) is 3.33. The van der Waals surface area contributed by atoms with Gasteiger partial charge in [-0.25, -0.2) is 0 Å². The Morgan fingerprint density at radius 2 is 1.76 bits per heavy atom. The van der Waals surface area contributed by atoms with Crippen molar-refractivity contribution in [1.82, 2.24) is 4.90 Å². The maximum Gasteiger partial charge on any atom is 0.161 e. The van der Waals surface area contributed by atoms with Crippen LogP contribution in [0.2, 0.25) is 0 Å². The van der Waals surface area contributed by atoms with E-state index in [0.717, 1.165) is 34.4 Å². The summed E-state index contributed by atoms with van der Waals surface area (Å²) in [6.07, 6.45) is -0.0305. The lowest BCUT2D eigenvalue weighted by Crippen LogP contribution is -2.39. The van der Waals surface area contributed by atoms with Crippen LogP contribution in [0.3, 0.4) is 0 Å². The van der Waals surface area contributed by atoms with Crippen LogP contribution in [0.15, 0.2) is 60.7 Å². The molecule has 1 heterocycles. The molecule has 0 bridgehead atoms. The first-order chi connectivity index (χ1) is 12.2. The van der Waals surface area contributed by atoms with Gasteiger partial charge in [-0.1, -0.05) is 42.5 Å². The second kappa shape index (κ2) is 6.65. The van der Waals surface area contributed by atoms with Crippen molar-refractivity contribution in [2.75, 3.05) is 20.2 Å². The molecule has 128 valence electrons. The van der Waals surface area contributed by atoms with Crippen LogP contribution in [0.1, 0.15) is 5.56 Å². The Morgan fingerprint density at radius 1 is 1.00 bits per heavy atom. The molecule has 3 aromatic carbocycles. The van der Waals surface area contributed by atoms with E-state index in [9.17, 15) is 5.11 Å². The van der Waals surface area contributed by atoms with Gasteiger partial charge >= 0.3 is 0 Å². The minimum absolute atomic E-state index is 0.0305. The van der Waals surface area contributed by atoms with E-state index in [-0.39, 0.29) is 6.10 Å². The third-order valence-electron chi connectivity index (χ3n) is 4.53. The Morgan fingerprint density at radius 3 is 2.64 bits per heavy atom. The fourth-order valence-corrected chi connectivity index (χ4v) is 3.33. The highest BCUT2D eigenvalue weighted by atomic mass is 16.6. The van der Waals surface area contributed by atoms with Crippen LogP contribution in [0.25, 0.3) is 10.8 Å². The minimum atomic E-state index is -0.0305. The number of ether oxygens (including phenoxy) is 2. The number of likely N-dealkylation sites (N-methyl/N-ethyl adjacent to an activating group) is 1. The first-order valence-corrected chi connectivity index (χ1v) is 8.47. The molecule has 4 nitrogen and oxygen atoms in total. The summed E-state index contributed by atoms with van der Waals surface area (Å²) >= 11 is 0. The van der Waals surface area contributed by atoms with E-state index in [2.05, 4.69) is 17.0 Å². The van der Waals surface area contributed by atoms with E-state index >= 15 is 0 Å². The molecule has 0 unspecified atom stereocenters. The van der Waals surface area contributed by atoms with E-state index in [4.69, 9.17) is 9.47 Å². The first kappa shape index (κ1) is 15.8. The smallest absolute Gasteiger partial charge is 0.161 e. The molecule has 1 aliphatic heterocycles. The van der Waals surface area contributed by atoms with Crippen LogP contribution in [0.4, 0.5) is 0 Å². The monoisotopic (exact) mass is 335 g/mol. The van der Waals surface area contributed by atoms with Gasteiger partial charge in [0.15, 0.2) is 11.5 Å². The predicted molar refractivity (Wildman–Crippen MR) is 98.3 cm³/mol. The molecule has 0 fully saturated rings. The van der Waals surface area contributed by atoms with Gasteiger partial charge in [0, 0.05) is 18.7 Å². The maximum absolute atomic E-state index is 10.3. The van der Waals surface area contributed by atoms with Crippen molar-refractivity contribution < 1.29 is 14.6 Å². The average molecular weight is 335 g/mol. The first-order valence-electron chi connectivity index (χ1n) is 8.47. The number of phenolic OH excluding ortho intramolecular Hbond substituents is 1. The van der Waals surface area contributed by atoms with Crippen molar-refractivity contribution in [3.8, 4) is 17.2 Å². The summed E-state index contributed by atoms with van der Waals surface area (Å²) in [5.74, 6) is 1.92. The second-order valence-electron chi connectivity index (χ2n) is 6.48. The van der Waals surface area contributed by atoms with Crippen molar-refractivity contribution in [1.29, 1.82) is 0 Å². The SMILES string of the molecule is CN(Cc1c(O)ccc2ccccc12)C[C@H]1COc2ccccc2O1. The molecule has 0 spiro atoms. The zero-order valence-electron chi connectivity index (χ0n) is 14.2. The van der Waals surface area contributed by atoms with E-state index < -0.39 is 0 Å². The summed E-state index contributed by atoms with van der Waals surface area (Å²) in [6.45, 7) is 1.90. The molecule has 0 aliphatic carbocycles. The van der Waals surface area contributed by atoms with Crippen LogP contribution in [-0.2, 0) is 6.54 Å². The summed E-state index contributed by atoms with van der Waals surface area (Å²) in [4.78, 5) is 2.16. The van der Waals surface area contributed by atoms with Gasteiger partial charge in [-0.2, -0.15) is 0 Å². The quantitative estimate of drug-likeness (QED) is 0.787. The number of aromatic hydroxyl groups is 1. The molecule has 4 heteroatoms. The normalized spacial score (nSPS) is 16.3. The van der Waals surface area contributed by atoms with Gasteiger partial charge in [0.05, 0.1) is 0 Å². The Balaban J connectivity index is 1.48. The summed E-state index contributed by atoms with van der Waals surface area (Å²) < 4.78 is 11.8. The van der Waals surface area contributed by atoms with Crippen molar-refractivity contribution in [3.05, 3.63) is 66.2 Å². The van der Waals surface area contributed by atoms with Crippen molar-refractivity contribution in [3.63, 3.8) is 0 Å². The molecule has 1 N–H and O–H groups in total. The molecule has 1 atom stereocenters. The number of hydrogen-bond donors (Lipinski definition) is 1. The number of para-hydroxylation sites is 2. The zero-order valence-corrected chi connectivity index (χ0v) is 14.2. The average Bonchev–Trinajstić information content (AvgIpc) is 2.64. The lowest BCUT2D eigenvalue weighted by Gasteiger charge is -2.29. The topological polar surface area (TPSA) is 41.9 Å². The number of rotatable bonds is 4. The number of hydrogen-bond acceptors (Lipinski definition) is 4. The molecule has 25 heavy (non-hydrogen) atoms. The van der Waals surface area contributed by atoms with Crippen molar-refractivity contribution >= 4 is 10.8 Å². The Bertz CT molecular complexity index is 893. The van der Waals surface area contributed by atoms with Gasteiger partial charge in [-0.15, -0.1) is 0 Å². The van der Waals surface area contributed by atoms with Crippen molar-refractivity contribution in [2.24, 2.45) is 0 Å². The largest absolute Gasteiger partial charge is 0.508 e. The van der Waals surface area contributed by atoms with Gasteiger partial charge < -0.3 is 14.6 Å². The summed E-state index contributed by atoms with van der Waals surface area (Å²) in [5.41, 5.74) is 0.942. The molecular formula is C21H21NO3. The highest BCUT2D eigenvalue weighted by molar-refractivity contribution is 5.87. The van der Waals surface area contributed by atoms with Crippen LogP contribution in [0, 0.1) is 0 Å². The Kier molecular flexibility index (Phi) is 4.20. The molecular weight excluding hydrogens is 314 g/mol. The third-order valence-corrected chi connectivity index (χ3v) is 4.53. The predicted octanol–water partition coefficient (Wildman–Crippen LogP) is 3.82. The molecule has 0 radical (unpaired) electrons. The molecule has 0 saturated carbocycles. The summed E-state index contributed by atoms with van der Waals surface area (Å²) in [7, 11) is 2.03. The standard InChI is InChI=1S/C21H21NO3/c1-22(12-16-14-24-20-8-4-5-9-21(20)25-16)13-18-17-7-3-2-6-15(17)10-11-19(18)23/h2-11,16,23H,12-14H2,1H3/t16-/m0/s1. The minimum Gasteiger partial charge on any atom is -0.508 e. The number of fused-ring (bicyclic) bond motifs is 2. The third kappa shape index (κ3) is 3.26. The zero-order chi connectivity index (χ0) is 17.2. The van der Waals surface area contributed by atoms with Crippen LogP contribution < -0.4 is 9.47 Å². The molecule has 0 aromatic heterocycles. The van der Waals surface area contributed by atoms with Crippen LogP contribution in [0.5, 0.6) is 17.2 Å². The van der Waals surface area contributed by atoms with Gasteiger partial charge in [0.2, 0.25) is 0 Å². The molecule has 1 aliphatic rings. The lowest BCUT2D eigenvalue weighted by molar-refractivity contribution is 0.0637. The summed E-state index contributed by atoms with van der Waals surface area (Å²) in [5, 5.41) is 12.5. The van der Waals surface area contributed by atoms with Gasteiger partial charge in [-0.3, -0.25) is 4.90 Å². The number of benzene rings is 3. The van der Waals surface area contributed by atoms with E-state index in [1.165, 1.54) is 0 Å². The second-order valence-corrected chi connectivity index (χ2v) is 6.48. The molecule has 0 amide bonds.